The van der Waals surface area contributed by atoms with Crippen molar-refractivity contribution in [2.45, 2.75) is 0 Å². The summed E-state index contributed by atoms with van der Waals surface area (Å²) in [6, 6.07) is 16.8. The molecule has 0 fully saturated rings. The van der Waals surface area contributed by atoms with E-state index in [1.165, 1.54) is 0 Å². The van der Waals surface area contributed by atoms with Crippen LogP contribution >= 0.6 is 23.2 Å². The number of aromatic amines is 2. The molecule has 0 bridgehead atoms. The van der Waals surface area contributed by atoms with Gasteiger partial charge in [0.15, 0.2) is 11.6 Å². The van der Waals surface area contributed by atoms with Crippen molar-refractivity contribution in [3.8, 4) is 23.0 Å². The van der Waals surface area contributed by atoms with Gasteiger partial charge in [-0.2, -0.15) is 0 Å². The molecule has 7 heteroatoms. The standard InChI is InChI=1S/C19H11Cl2N5/c20-10-4-6-12-16(8-10)25-18(23-12)14-2-1-3-15(22-14)19-24-13-7-5-11(21)9-17(13)26-19/h1-9H,(H,23,25)(H,24,26). The predicted octanol–water partition coefficient (Wildman–Crippen LogP) is 5.48. The van der Waals surface area contributed by atoms with Crippen molar-refractivity contribution in [2.75, 3.05) is 0 Å². The summed E-state index contributed by atoms with van der Waals surface area (Å²) in [4.78, 5) is 20.4. The first-order valence-corrected chi connectivity index (χ1v) is 8.70. The SMILES string of the molecule is Clc1ccc2nc(-c3cccc(-c4nc5ccc(Cl)cc5[nH]4)n3)[nH]c2c1. The summed E-state index contributed by atoms with van der Waals surface area (Å²) < 4.78 is 0. The fourth-order valence-corrected chi connectivity index (χ4v) is 3.25. The van der Waals surface area contributed by atoms with Crippen molar-refractivity contribution in [1.29, 1.82) is 0 Å². The number of H-pyrrole nitrogens is 2. The highest BCUT2D eigenvalue weighted by atomic mass is 35.5. The van der Waals surface area contributed by atoms with Crippen LogP contribution < -0.4 is 0 Å². The molecule has 5 rings (SSSR count). The smallest absolute Gasteiger partial charge is 0.157 e. The van der Waals surface area contributed by atoms with Gasteiger partial charge in [-0.25, -0.2) is 15.0 Å². The van der Waals surface area contributed by atoms with Gasteiger partial charge in [0.1, 0.15) is 11.4 Å². The Hall–Kier alpha value is -2.89. The molecule has 3 heterocycles. The summed E-state index contributed by atoms with van der Waals surface area (Å²) in [5.74, 6) is 1.37. The molecule has 0 aliphatic heterocycles. The minimum atomic E-state index is 0.662. The number of pyridine rings is 1. The zero-order valence-electron chi connectivity index (χ0n) is 13.3. The molecule has 0 saturated carbocycles. The summed E-state index contributed by atoms with van der Waals surface area (Å²) in [7, 11) is 0. The first-order valence-electron chi connectivity index (χ1n) is 7.94. The van der Waals surface area contributed by atoms with Crippen LogP contribution in [-0.4, -0.2) is 24.9 Å². The second kappa shape index (κ2) is 5.83. The van der Waals surface area contributed by atoms with Crippen LogP contribution in [0.3, 0.4) is 0 Å². The lowest BCUT2D eigenvalue weighted by molar-refractivity contribution is 1.20. The molecule has 0 unspecified atom stereocenters. The van der Waals surface area contributed by atoms with E-state index in [9.17, 15) is 0 Å². The van der Waals surface area contributed by atoms with Crippen LogP contribution in [0.1, 0.15) is 0 Å². The molecule has 3 aromatic heterocycles. The van der Waals surface area contributed by atoms with Crippen LogP contribution in [0.25, 0.3) is 45.1 Å². The van der Waals surface area contributed by atoms with Crippen LogP contribution in [0.4, 0.5) is 0 Å². The molecule has 126 valence electrons. The van der Waals surface area contributed by atoms with E-state index in [1.54, 1.807) is 0 Å². The molecular formula is C19H11Cl2N5. The van der Waals surface area contributed by atoms with Crippen LogP contribution in [0, 0.1) is 0 Å². The molecule has 26 heavy (non-hydrogen) atoms. The predicted molar refractivity (Wildman–Crippen MR) is 104 cm³/mol. The molecule has 0 atom stereocenters. The zero-order chi connectivity index (χ0) is 17.7. The first-order chi connectivity index (χ1) is 12.7. The molecule has 0 spiro atoms. The molecular weight excluding hydrogens is 369 g/mol. The zero-order valence-corrected chi connectivity index (χ0v) is 14.8. The lowest BCUT2D eigenvalue weighted by Crippen LogP contribution is -1.90. The number of hydrogen-bond acceptors (Lipinski definition) is 3. The number of halogens is 2. The highest BCUT2D eigenvalue weighted by Crippen LogP contribution is 2.25. The van der Waals surface area contributed by atoms with Gasteiger partial charge < -0.3 is 9.97 Å². The molecule has 0 amide bonds. The van der Waals surface area contributed by atoms with E-state index in [2.05, 4.69) is 19.9 Å². The van der Waals surface area contributed by atoms with Gasteiger partial charge in [-0.3, -0.25) is 0 Å². The molecule has 0 aliphatic carbocycles. The fraction of sp³-hybridized carbons (Fsp3) is 0. The van der Waals surface area contributed by atoms with Gasteiger partial charge in [-0.15, -0.1) is 0 Å². The monoisotopic (exact) mass is 379 g/mol. The van der Waals surface area contributed by atoms with Crippen molar-refractivity contribution in [3.05, 3.63) is 64.6 Å². The maximum atomic E-state index is 6.04. The Morgan fingerprint density at radius 1 is 0.615 bits per heavy atom. The Morgan fingerprint density at radius 3 is 1.62 bits per heavy atom. The minimum Gasteiger partial charge on any atom is -0.337 e. The number of hydrogen-bond donors (Lipinski definition) is 2. The lowest BCUT2D eigenvalue weighted by atomic mass is 10.3. The number of rotatable bonds is 2. The fourth-order valence-electron chi connectivity index (χ4n) is 2.90. The summed E-state index contributed by atoms with van der Waals surface area (Å²) in [5.41, 5.74) is 4.89. The molecule has 2 aromatic carbocycles. The Labute approximate surface area is 158 Å². The van der Waals surface area contributed by atoms with Gasteiger partial charge in [0.25, 0.3) is 0 Å². The van der Waals surface area contributed by atoms with Crippen LogP contribution in [0.5, 0.6) is 0 Å². The third-order valence-corrected chi connectivity index (χ3v) is 4.59. The summed E-state index contributed by atoms with van der Waals surface area (Å²) in [6.07, 6.45) is 0. The Morgan fingerprint density at radius 2 is 1.12 bits per heavy atom. The first kappa shape index (κ1) is 15.4. The third-order valence-electron chi connectivity index (χ3n) is 4.12. The molecule has 5 nitrogen and oxygen atoms in total. The van der Waals surface area contributed by atoms with E-state index in [4.69, 9.17) is 28.2 Å². The van der Waals surface area contributed by atoms with Crippen molar-refractivity contribution >= 4 is 45.3 Å². The quantitative estimate of drug-likeness (QED) is 0.426. The van der Waals surface area contributed by atoms with Crippen molar-refractivity contribution in [2.24, 2.45) is 0 Å². The number of nitrogens with zero attached hydrogens (tertiary/aromatic N) is 3. The van der Waals surface area contributed by atoms with Gasteiger partial charge in [-0.05, 0) is 48.5 Å². The van der Waals surface area contributed by atoms with Crippen molar-refractivity contribution < 1.29 is 0 Å². The normalized spacial score (nSPS) is 11.5. The van der Waals surface area contributed by atoms with Crippen molar-refractivity contribution in [1.82, 2.24) is 24.9 Å². The number of benzene rings is 2. The van der Waals surface area contributed by atoms with Crippen LogP contribution in [0.15, 0.2) is 54.6 Å². The lowest BCUT2D eigenvalue weighted by Gasteiger charge is -1.99. The van der Waals surface area contributed by atoms with Gasteiger partial charge in [-0.1, -0.05) is 29.3 Å². The molecule has 0 aliphatic rings. The largest absolute Gasteiger partial charge is 0.337 e. The third kappa shape index (κ3) is 2.62. The molecule has 2 N–H and O–H groups in total. The highest BCUT2D eigenvalue weighted by molar-refractivity contribution is 6.31. The Balaban J connectivity index is 1.60. The van der Waals surface area contributed by atoms with Crippen LogP contribution in [-0.2, 0) is 0 Å². The second-order valence-electron chi connectivity index (χ2n) is 5.90. The maximum absolute atomic E-state index is 6.04. The van der Waals surface area contributed by atoms with Gasteiger partial charge in [0.2, 0.25) is 0 Å². The van der Waals surface area contributed by atoms with E-state index >= 15 is 0 Å². The van der Waals surface area contributed by atoms with E-state index in [-0.39, 0.29) is 0 Å². The van der Waals surface area contributed by atoms with Gasteiger partial charge in [0.05, 0.1) is 22.1 Å². The average molecular weight is 380 g/mol. The second-order valence-corrected chi connectivity index (χ2v) is 6.77. The Kier molecular flexibility index (Phi) is 3.45. The van der Waals surface area contributed by atoms with Gasteiger partial charge in [0, 0.05) is 10.0 Å². The summed E-state index contributed by atoms with van der Waals surface area (Å²) in [5, 5.41) is 1.32. The minimum absolute atomic E-state index is 0.662. The number of imidazole rings is 2. The number of fused-ring (bicyclic) bond motifs is 2. The average Bonchev–Trinajstić information content (AvgIpc) is 3.25. The molecule has 0 saturated heterocycles. The van der Waals surface area contributed by atoms with Crippen LogP contribution in [0.2, 0.25) is 10.0 Å². The maximum Gasteiger partial charge on any atom is 0.157 e. The van der Waals surface area contributed by atoms with E-state index in [1.807, 2.05) is 54.6 Å². The van der Waals surface area contributed by atoms with Gasteiger partial charge >= 0.3 is 0 Å². The summed E-state index contributed by atoms with van der Waals surface area (Å²) >= 11 is 12.1. The number of nitrogens with one attached hydrogen (secondary N) is 2. The summed E-state index contributed by atoms with van der Waals surface area (Å²) in [6.45, 7) is 0. The molecule has 5 aromatic rings. The van der Waals surface area contributed by atoms with Crippen molar-refractivity contribution in [3.63, 3.8) is 0 Å². The molecule has 0 radical (unpaired) electrons. The van der Waals surface area contributed by atoms with E-state index in [0.29, 0.717) is 21.7 Å². The Bertz CT molecular complexity index is 1180. The van der Waals surface area contributed by atoms with E-state index < -0.39 is 0 Å². The van der Waals surface area contributed by atoms with E-state index in [0.717, 1.165) is 33.5 Å². The number of aromatic nitrogens is 5. The topological polar surface area (TPSA) is 70.2 Å². The highest BCUT2D eigenvalue weighted by Gasteiger charge is 2.11.